The standard InChI is InChI=1S/C19H18N4O3/c1-11-4-5-12-3-2-7-20-17(12)16(11)18(25)23-8-6-13(10-23)14-9-15(24)22-19(26)21-14/h2-5,7,9,13H,6,8,10H2,1H3,(H2,21,22,24,26). The first-order valence-electron chi connectivity index (χ1n) is 8.50. The summed E-state index contributed by atoms with van der Waals surface area (Å²) in [7, 11) is 0. The number of fused-ring (bicyclic) bond motifs is 1. The second-order valence-corrected chi connectivity index (χ2v) is 6.61. The Bertz CT molecular complexity index is 1090. The van der Waals surface area contributed by atoms with Crippen molar-refractivity contribution in [2.75, 3.05) is 13.1 Å². The lowest BCUT2D eigenvalue weighted by Crippen LogP contribution is -2.30. The highest BCUT2D eigenvalue weighted by molar-refractivity contribution is 6.06. The second-order valence-electron chi connectivity index (χ2n) is 6.61. The molecule has 1 atom stereocenters. The first-order chi connectivity index (χ1) is 12.5. The predicted octanol–water partition coefficient (Wildman–Crippen LogP) is 1.55. The van der Waals surface area contributed by atoms with Gasteiger partial charge in [0.05, 0.1) is 11.1 Å². The average molecular weight is 350 g/mol. The van der Waals surface area contributed by atoms with E-state index in [1.165, 1.54) is 6.07 Å². The van der Waals surface area contributed by atoms with E-state index < -0.39 is 11.2 Å². The quantitative estimate of drug-likeness (QED) is 0.732. The second kappa shape index (κ2) is 6.25. The number of pyridine rings is 1. The third-order valence-electron chi connectivity index (χ3n) is 4.89. The van der Waals surface area contributed by atoms with Crippen LogP contribution < -0.4 is 11.2 Å². The molecule has 0 saturated carbocycles. The molecule has 4 rings (SSSR count). The summed E-state index contributed by atoms with van der Waals surface area (Å²) >= 11 is 0. The summed E-state index contributed by atoms with van der Waals surface area (Å²) in [6.07, 6.45) is 2.38. The smallest absolute Gasteiger partial charge is 0.325 e. The van der Waals surface area contributed by atoms with Crippen molar-refractivity contribution in [3.63, 3.8) is 0 Å². The summed E-state index contributed by atoms with van der Waals surface area (Å²) in [5.41, 5.74) is 1.82. The van der Waals surface area contributed by atoms with Crippen molar-refractivity contribution in [1.29, 1.82) is 0 Å². The SMILES string of the molecule is Cc1ccc2cccnc2c1C(=O)N1CCC(c2cc(=O)[nH]c(=O)[nH]2)C1. The van der Waals surface area contributed by atoms with Crippen molar-refractivity contribution in [2.45, 2.75) is 19.3 Å². The maximum Gasteiger partial charge on any atom is 0.325 e. The first-order valence-corrected chi connectivity index (χ1v) is 8.50. The van der Waals surface area contributed by atoms with E-state index in [9.17, 15) is 14.4 Å². The van der Waals surface area contributed by atoms with E-state index in [0.717, 1.165) is 10.9 Å². The molecule has 2 aromatic heterocycles. The summed E-state index contributed by atoms with van der Waals surface area (Å²) < 4.78 is 0. The molecule has 0 bridgehead atoms. The molecule has 1 aliphatic rings. The Morgan fingerprint density at radius 3 is 2.88 bits per heavy atom. The molecular formula is C19H18N4O3. The zero-order chi connectivity index (χ0) is 18.3. The number of aryl methyl sites for hydroxylation is 1. The molecule has 1 unspecified atom stereocenters. The lowest BCUT2D eigenvalue weighted by molar-refractivity contribution is 0.0791. The van der Waals surface area contributed by atoms with E-state index >= 15 is 0 Å². The highest BCUT2D eigenvalue weighted by Crippen LogP contribution is 2.28. The van der Waals surface area contributed by atoms with Crippen LogP contribution in [0, 0.1) is 6.92 Å². The van der Waals surface area contributed by atoms with Crippen LogP contribution in [0.4, 0.5) is 0 Å². The number of carbonyl (C=O) groups is 1. The van der Waals surface area contributed by atoms with Crippen LogP contribution in [-0.4, -0.2) is 38.8 Å². The monoisotopic (exact) mass is 350 g/mol. The van der Waals surface area contributed by atoms with Crippen molar-refractivity contribution in [1.82, 2.24) is 19.9 Å². The van der Waals surface area contributed by atoms with Gasteiger partial charge in [0.15, 0.2) is 0 Å². The Kier molecular flexibility index (Phi) is 3.91. The van der Waals surface area contributed by atoms with Gasteiger partial charge in [-0.2, -0.15) is 0 Å². The number of nitrogens with zero attached hydrogens (tertiary/aromatic N) is 2. The van der Waals surface area contributed by atoms with E-state index in [0.29, 0.717) is 36.3 Å². The van der Waals surface area contributed by atoms with Gasteiger partial charge in [0, 0.05) is 42.4 Å². The van der Waals surface area contributed by atoms with Crippen LogP contribution in [0.5, 0.6) is 0 Å². The molecule has 132 valence electrons. The van der Waals surface area contributed by atoms with E-state index in [4.69, 9.17) is 0 Å². The molecule has 1 amide bonds. The van der Waals surface area contributed by atoms with Crippen LogP contribution in [0.3, 0.4) is 0 Å². The van der Waals surface area contributed by atoms with E-state index in [2.05, 4.69) is 15.0 Å². The molecule has 2 N–H and O–H groups in total. The number of nitrogens with one attached hydrogen (secondary N) is 2. The normalized spacial score (nSPS) is 17.0. The highest BCUT2D eigenvalue weighted by atomic mass is 16.2. The van der Waals surface area contributed by atoms with E-state index in [-0.39, 0.29) is 11.8 Å². The summed E-state index contributed by atoms with van der Waals surface area (Å²) in [6.45, 7) is 2.94. The van der Waals surface area contributed by atoms with Gasteiger partial charge in [-0.05, 0) is 25.0 Å². The highest BCUT2D eigenvalue weighted by Gasteiger charge is 2.30. The Labute approximate surface area is 148 Å². The fourth-order valence-corrected chi connectivity index (χ4v) is 3.58. The van der Waals surface area contributed by atoms with Crippen LogP contribution in [0.2, 0.25) is 0 Å². The fraction of sp³-hybridized carbons (Fsp3) is 0.263. The van der Waals surface area contributed by atoms with Gasteiger partial charge in [-0.1, -0.05) is 18.2 Å². The van der Waals surface area contributed by atoms with Gasteiger partial charge in [-0.15, -0.1) is 0 Å². The van der Waals surface area contributed by atoms with Gasteiger partial charge >= 0.3 is 5.69 Å². The molecule has 1 fully saturated rings. The molecule has 1 aliphatic heterocycles. The third kappa shape index (κ3) is 2.81. The summed E-state index contributed by atoms with van der Waals surface area (Å²) in [6, 6.07) is 9.07. The predicted molar refractivity (Wildman–Crippen MR) is 97.4 cm³/mol. The van der Waals surface area contributed by atoms with Gasteiger partial charge in [0.2, 0.25) is 0 Å². The molecule has 0 radical (unpaired) electrons. The molecule has 7 nitrogen and oxygen atoms in total. The Hall–Kier alpha value is -3.22. The van der Waals surface area contributed by atoms with Crippen LogP contribution in [0.25, 0.3) is 10.9 Å². The number of carbonyl (C=O) groups excluding carboxylic acids is 1. The molecule has 0 aliphatic carbocycles. The average Bonchev–Trinajstić information content (AvgIpc) is 3.10. The molecular weight excluding hydrogens is 332 g/mol. The number of likely N-dealkylation sites (tertiary alicyclic amines) is 1. The molecule has 3 heterocycles. The number of aromatic nitrogens is 3. The van der Waals surface area contributed by atoms with Gasteiger partial charge < -0.3 is 9.88 Å². The molecule has 3 aromatic rings. The summed E-state index contributed by atoms with van der Waals surface area (Å²) in [4.78, 5) is 47.2. The van der Waals surface area contributed by atoms with Crippen LogP contribution >= 0.6 is 0 Å². The van der Waals surface area contributed by atoms with Crippen molar-refractivity contribution in [3.8, 4) is 0 Å². The van der Waals surface area contributed by atoms with E-state index in [1.54, 1.807) is 11.1 Å². The number of benzene rings is 1. The minimum atomic E-state index is -0.522. The number of H-pyrrole nitrogens is 2. The summed E-state index contributed by atoms with van der Waals surface area (Å²) in [5.74, 6) is -0.126. The fourth-order valence-electron chi connectivity index (χ4n) is 3.58. The van der Waals surface area contributed by atoms with Gasteiger partial charge in [-0.25, -0.2) is 4.79 Å². The molecule has 7 heteroatoms. The number of amides is 1. The van der Waals surface area contributed by atoms with Gasteiger partial charge in [-0.3, -0.25) is 19.6 Å². The topological polar surface area (TPSA) is 98.9 Å². The minimum Gasteiger partial charge on any atom is -0.338 e. The van der Waals surface area contributed by atoms with Crippen LogP contribution in [0.1, 0.15) is 34.0 Å². The first kappa shape index (κ1) is 16.3. The van der Waals surface area contributed by atoms with Crippen LogP contribution in [0.15, 0.2) is 46.1 Å². The van der Waals surface area contributed by atoms with Crippen molar-refractivity contribution in [3.05, 3.63) is 74.2 Å². The van der Waals surface area contributed by atoms with Crippen molar-refractivity contribution >= 4 is 16.8 Å². The van der Waals surface area contributed by atoms with Crippen molar-refractivity contribution < 1.29 is 4.79 Å². The van der Waals surface area contributed by atoms with Crippen LogP contribution in [-0.2, 0) is 0 Å². The number of rotatable bonds is 2. The maximum absolute atomic E-state index is 13.1. The number of aromatic amines is 2. The number of hydrogen-bond acceptors (Lipinski definition) is 4. The molecule has 26 heavy (non-hydrogen) atoms. The molecule has 1 saturated heterocycles. The third-order valence-corrected chi connectivity index (χ3v) is 4.89. The molecule has 0 spiro atoms. The zero-order valence-corrected chi connectivity index (χ0v) is 14.3. The largest absolute Gasteiger partial charge is 0.338 e. The molecule has 1 aromatic carbocycles. The lowest BCUT2D eigenvalue weighted by atomic mass is 10.0. The van der Waals surface area contributed by atoms with E-state index in [1.807, 2.05) is 31.2 Å². The minimum absolute atomic E-state index is 0.0582. The Balaban J connectivity index is 1.66. The lowest BCUT2D eigenvalue weighted by Gasteiger charge is -2.19. The maximum atomic E-state index is 13.1. The summed E-state index contributed by atoms with van der Waals surface area (Å²) in [5, 5.41) is 0.927. The zero-order valence-electron chi connectivity index (χ0n) is 14.3. The number of hydrogen-bond donors (Lipinski definition) is 2. The Morgan fingerprint density at radius 2 is 2.08 bits per heavy atom. The van der Waals surface area contributed by atoms with Crippen molar-refractivity contribution in [2.24, 2.45) is 0 Å². The van der Waals surface area contributed by atoms with Gasteiger partial charge in [0.25, 0.3) is 11.5 Å². The Morgan fingerprint density at radius 1 is 1.23 bits per heavy atom. The van der Waals surface area contributed by atoms with Gasteiger partial charge in [0.1, 0.15) is 0 Å².